The summed E-state index contributed by atoms with van der Waals surface area (Å²) in [5.41, 5.74) is 1.89. The lowest BCUT2D eigenvalue weighted by molar-refractivity contribution is 0.111. The molecule has 0 atom stereocenters. The highest BCUT2D eigenvalue weighted by Crippen LogP contribution is 2.29. The Labute approximate surface area is 123 Å². The maximum atomic E-state index is 10.9. The molecule has 0 unspecified atom stereocenters. The number of ether oxygens (including phenoxy) is 2. The molecule has 108 valence electrons. The molecule has 0 fully saturated rings. The summed E-state index contributed by atoms with van der Waals surface area (Å²) in [6.45, 7) is 0. The van der Waals surface area contributed by atoms with Gasteiger partial charge in [-0.15, -0.1) is 0 Å². The summed E-state index contributed by atoms with van der Waals surface area (Å²) in [5.74, 6) is 1.04. The highest BCUT2D eigenvalue weighted by molar-refractivity contribution is 5.85. The minimum Gasteiger partial charge on any atom is -0.507 e. The Bertz CT molecular complexity index is 657. The molecule has 0 saturated heterocycles. The van der Waals surface area contributed by atoms with Crippen molar-refractivity contribution in [1.82, 2.24) is 0 Å². The molecule has 0 saturated carbocycles. The first-order chi connectivity index (χ1) is 10.2. The molecular weight excluding hydrogens is 268 g/mol. The molecule has 0 spiro atoms. The van der Waals surface area contributed by atoms with E-state index in [0.29, 0.717) is 12.0 Å². The van der Waals surface area contributed by atoms with Gasteiger partial charge in [0.05, 0.1) is 19.8 Å². The van der Waals surface area contributed by atoms with E-state index < -0.39 is 0 Å². The second-order valence-corrected chi connectivity index (χ2v) is 4.38. The largest absolute Gasteiger partial charge is 0.507 e. The highest BCUT2D eigenvalue weighted by atomic mass is 16.5. The molecule has 0 aliphatic heterocycles. The second kappa shape index (κ2) is 6.61. The van der Waals surface area contributed by atoms with Crippen LogP contribution < -0.4 is 9.47 Å². The van der Waals surface area contributed by atoms with Crippen LogP contribution in [0.5, 0.6) is 17.2 Å². The summed E-state index contributed by atoms with van der Waals surface area (Å²) in [7, 11) is 3.08. The third-order valence-electron chi connectivity index (χ3n) is 3.06. The van der Waals surface area contributed by atoms with Gasteiger partial charge in [-0.05, 0) is 35.4 Å². The lowest BCUT2D eigenvalue weighted by Gasteiger charge is -2.07. The summed E-state index contributed by atoms with van der Waals surface area (Å²) < 4.78 is 10.2. The SMILES string of the molecule is COc1ccc(/C=C/c2cc(O)c(C=O)c(OC)c2)cc1. The van der Waals surface area contributed by atoms with E-state index >= 15 is 0 Å². The standard InChI is InChI=1S/C17H16O4/c1-20-14-7-5-12(6-8-14)3-4-13-9-16(19)15(11-18)17(10-13)21-2/h3-11,19H,1-2H3/b4-3+. The van der Waals surface area contributed by atoms with Crippen LogP contribution in [0.25, 0.3) is 12.2 Å². The van der Waals surface area contributed by atoms with Crippen molar-refractivity contribution in [2.45, 2.75) is 0 Å². The Morgan fingerprint density at radius 1 is 0.952 bits per heavy atom. The fraction of sp³-hybridized carbons (Fsp3) is 0.118. The van der Waals surface area contributed by atoms with Crippen molar-refractivity contribution in [3.05, 3.63) is 53.1 Å². The van der Waals surface area contributed by atoms with Crippen LogP contribution in [0.1, 0.15) is 21.5 Å². The van der Waals surface area contributed by atoms with Crippen molar-refractivity contribution >= 4 is 18.4 Å². The fourth-order valence-electron chi connectivity index (χ4n) is 1.92. The second-order valence-electron chi connectivity index (χ2n) is 4.38. The van der Waals surface area contributed by atoms with Crippen molar-refractivity contribution in [3.63, 3.8) is 0 Å². The van der Waals surface area contributed by atoms with Crippen molar-refractivity contribution in [3.8, 4) is 17.2 Å². The number of hydrogen-bond acceptors (Lipinski definition) is 4. The molecule has 21 heavy (non-hydrogen) atoms. The van der Waals surface area contributed by atoms with Gasteiger partial charge >= 0.3 is 0 Å². The van der Waals surface area contributed by atoms with Crippen LogP contribution in [0.3, 0.4) is 0 Å². The molecule has 2 aromatic carbocycles. The number of aldehydes is 1. The highest BCUT2D eigenvalue weighted by Gasteiger charge is 2.08. The average Bonchev–Trinajstić information content (AvgIpc) is 2.52. The van der Waals surface area contributed by atoms with Gasteiger partial charge in [0.25, 0.3) is 0 Å². The van der Waals surface area contributed by atoms with Crippen molar-refractivity contribution in [1.29, 1.82) is 0 Å². The first-order valence-corrected chi connectivity index (χ1v) is 6.36. The summed E-state index contributed by atoms with van der Waals surface area (Å²) in [4.78, 5) is 10.9. The van der Waals surface area contributed by atoms with Crippen molar-refractivity contribution in [2.24, 2.45) is 0 Å². The van der Waals surface area contributed by atoms with E-state index in [-0.39, 0.29) is 11.3 Å². The first kappa shape index (κ1) is 14.7. The van der Waals surface area contributed by atoms with Gasteiger partial charge in [0.15, 0.2) is 6.29 Å². The molecular formula is C17H16O4. The van der Waals surface area contributed by atoms with Crippen molar-refractivity contribution in [2.75, 3.05) is 14.2 Å². The van der Waals surface area contributed by atoms with Gasteiger partial charge in [0.2, 0.25) is 0 Å². The molecule has 0 aliphatic rings. The molecule has 0 radical (unpaired) electrons. The van der Waals surface area contributed by atoms with Gasteiger partial charge in [0, 0.05) is 0 Å². The number of aromatic hydroxyl groups is 1. The zero-order valence-electron chi connectivity index (χ0n) is 11.9. The van der Waals surface area contributed by atoms with Gasteiger partial charge in [-0.3, -0.25) is 4.79 Å². The topological polar surface area (TPSA) is 55.8 Å². The van der Waals surface area contributed by atoms with E-state index in [2.05, 4.69) is 0 Å². The zero-order valence-corrected chi connectivity index (χ0v) is 11.9. The first-order valence-electron chi connectivity index (χ1n) is 6.36. The molecule has 1 N–H and O–H groups in total. The van der Waals surface area contributed by atoms with E-state index in [9.17, 15) is 9.90 Å². The minimum absolute atomic E-state index is 0.0984. The number of benzene rings is 2. The van der Waals surface area contributed by atoms with E-state index in [4.69, 9.17) is 9.47 Å². The zero-order chi connectivity index (χ0) is 15.2. The van der Waals surface area contributed by atoms with E-state index in [1.54, 1.807) is 13.2 Å². The molecule has 0 aromatic heterocycles. The van der Waals surface area contributed by atoms with Crippen LogP contribution in [-0.2, 0) is 0 Å². The van der Waals surface area contributed by atoms with Crippen LogP contribution in [-0.4, -0.2) is 25.6 Å². The fourth-order valence-corrected chi connectivity index (χ4v) is 1.92. The molecule has 2 aromatic rings. The van der Waals surface area contributed by atoms with Gasteiger partial charge in [-0.25, -0.2) is 0 Å². The van der Waals surface area contributed by atoms with Crippen LogP contribution >= 0.6 is 0 Å². The Hall–Kier alpha value is -2.75. The molecule has 4 nitrogen and oxygen atoms in total. The van der Waals surface area contributed by atoms with Gasteiger partial charge in [0.1, 0.15) is 17.2 Å². The van der Waals surface area contributed by atoms with Crippen LogP contribution in [0.4, 0.5) is 0 Å². The van der Waals surface area contributed by atoms with E-state index in [0.717, 1.165) is 16.9 Å². The number of phenols is 1. The third-order valence-corrected chi connectivity index (χ3v) is 3.06. The number of carbonyl (C=O) groups excluding carboxylic acids is 1. The van der Waals surface area contributed by atoms with Crippen LogP contribution in [0.2, 0.25) is 0 Å². The third kappa shape index (κ3) is 3.42. The van der Waals surface area contributed by atoms with Crippen molar-refractivity contribution < 1.29 is 19.4 Å². The Balaban J connectivity index is 2.27. The number of carbonyl (C=O) groups is 1. The predicted molar refractivity (Wildman–Crippen MR) is 82.0 cm³/mol. The van der Waals surface area contributed by atoms with E-state index in [1.807, 2.05) is 36.4 Å². The molecule has 0 heterocycles. The van der Waals surface area contributed by atoms with E-state index in [1.165, 1.54) is 13.2 Å². The monoisotopic (exact) mass is 284 g/mol. The lowest BCUT2D eigenvalue weighted by Crippen LogP contribution is -1.92. The number of phenolic OH excluding ortho intramolecular Hbond substituents is 1. The summed E-state index contributed by atoms with van der Waals surface area (Å²) >= 11 is 0. The quantitative estimate of drug-likeness (QED) is 0.675. The average molecular weight is 284 g/mol. The van der Waals surface area contributed by atoms with Gasteiger partial charge in [-0.1, -0.05) is 24.3 Å². The Morgan fingerprint density at radius 3 is 2.19 bits per heavy atom. The Morgan fingerprint density at radius 2 is 1.62 bits per heavy atom. The van der Waals surface area contributed by atoms with Crippen LogP contribution in [0.15, 0.2) is 36.4 Å². The number of methoxy groups -OCH3 is 2. The van der Waals surface area contributed by atoms with Crippen LogP contribution in [0, 0.1) is 0 Å². The summed E-state index contributed by atoms with van der Waals surface area (Å²) in [6.07, 6.45) is 4.30. The van der Waals surface area contributed by atoms with Gasteiger partial charge < -0.3 is 14.6 Å². The lowest BCUT2D eigenvalue weighted by atomic mass is 10.1. The molecule has 0 aliphatic carbocycles. The smallest absolute Gasteiger partial charge is 0.157 e. The summed E-state index contributed by atoms with van der Waals surface area (Å²) in [6, 6.07) is 10.8. The number of hydrogen-bond donors (Lipinski definition) is 1. The van der Waals surface area contributed by atoms with Gasteiger partial charge in [-0.2, -0.15) is 0 Å². The number of rotatable bonds is 5. The summed E-state index contributed by atoms with van der Waals surface area (Å²) in [5, 5.41) is 9.81. The normalized spacial score (nSPS) is 10.6. The molecule has 0 amide bonds. The predicted octanol–water partition coefficient (Wildman–Crippen LogP) is 3.39. The maximum Gasteiger partial charge on any atom is 0.157 e. The molecule has 0 bridgehead atoms. The molecule has 4 heteroatoms. The Kier molecular flexibility index (Phi) is 4.61. The maximum absolute atomic E-state index is 10.9. The molecule has 2 rings (SSSR count). The minimum atomic E-state index is -0.0984.